The van der Waals surface area contributed by atoms with E-state index in [1.807, 2.05) is 24.8 Å². The van der Waals surface area contributed by atoms with Gasteiger partial charge in [-0.05, 0) is 38.8 Å². The number of aryl methyl sites for hydroxylation is 1. The molecule has 3 rings (SSSR count). The zero-order valence-electron chi connectivity index (χ0n) is 15.7. The Bertz CT molecular complexity index is 716. The first kappa shape index (κ1) is 19.8. The SMILES string of the molecule is Cc1ccc(S(=O)(=O)N2CCN(C(C)C(=O)N3CCCCCC3)CC2)s1. The maximum absolute atomic E-state index is 12.8. The number of sulfonamides is 1. The van der Waals surface area contributed by atoms with E-state index in [4.69, 9.17) is 0 Å². The molecule has 1 aromatic rings. The molecule has 2 aliphatic rings. The van der Waals surface area contributed by atoms with Gasteiger partial charge in [-0.2, -0.15) is 4.31 Å². The van der Waals surface area contributed by atoms with Crippen molar-refractivity contribution in [2.24, 2.45) is 0 Å². The van der Waals surface area contributed by atoms with Gasteiger partial charge in [-0.25, -0.2) is 8.42 Å². The molecule has 8 heteroatoms. The van der Waals surface area contributed by atoms with Crippen LogP contribution < -0.4 is 0 Å². The van der Waals surface area contributed by atoms with Gasteiger partial charge in [-0.1, -0.05) is 12.8 Å². The number of thiophene rings is 1. The van der Waals surface area contributed by atoms with Gasteiger partial charge in [0.1, 0.15) is 4.21 Å². The van der Waals surface area contributed by atoms with Crippen LogP contribution in [-0.4, -0.2) is 73.7 Å². The zero-order valence-corrected chi connectivity index (χ0v) is 17.3. The van der Waals surface area contributed by atoms with Gasteiger partial charge in [-0.3, -0.25) is 9.69 Å². The lowest BCUT2D eigenvalue weighted by atomic mass is 10.2. The molecule has 2 aliphatic heterocycles. The summed E-state index contributed by atoms with van der Waals surface area (Å²) < 4.78 is 27.4. The summed E-state index contributed by atoms with van der Waals surface area (Å²) in [5.74, 6) is 0.192. The predicted molar refractivity (Wildman–Crippen MR) is 104 cm³/mol. The highest BCUT2D eigenvalue weighted by Crippen LogP contribution is 2.25. The van der Waals surface area contributed by atoms with Crippen LogP contribution in [0.5, 0.6) is 0 Å². The van der Waals surface area contributed by atoms with Gasteiger partial charge in [0.15, 0.2) is 0 Å². The van der Waals surface area contributed by atoms with Crippen LogP contribution in [0.15, 0.2) is 16.3 Å². The first-order valence-electron chi connectivity index (χ1n) is 9.49. The molecule has 3 heterocycles. The van der Waals surface area contributed by atoms with E-state index in [9.17, 15) is 13.2 Å². The summed E-state index contributed by atoms with van der Waals surface area (Å²) in [6.45, 7) is 7.67. The summed E-state index contributed by atoms with van der Waals surface area (Å²) in [7, 11) is -3.41. The summed E-state index contributed by atoms with van der Waals surface area (Å²) in [6, 6.07) is 3.35. The number of hydrogen-bond donors (Lipinski definition) is 0. The van der Waals surface area contributed by atoms with Crippen molar-refractivity contribution < 1.29 is 13.2 Å². The first-order valence-corrected chi connectivity index (χ1v) is 11.7. The van der Waals surface area contributed by atoms with Crippen molar-refractivity contribution in [1.82, 2.24) is 14.1 Å². The third-order valence-corrected chi connectivity index (χ3v) is 8.77. The largest absolute Gasteiger partial charge is 0.341 e. The highest BCUT2D eigenvalue weighted by Gasteiger charge is 2.33. The standard InChI is InChI=1S/C18H29N3O3S2/c1-15-7-8-17(25-15)26(23,24)21-13-11-19(12-14-21)16(2)18(22)20-9-5-3-4-6-10-20/h7-8,16H,3-6,9-14H2,1-2H3. The maximum Gasteiger partial charge on any atom is 0.252 e. The normalized spacial score (nSPS) is 22.2. The minimum absolute atomic E-state index is 0.179. The fourth-order valence-corrected chi connectivity index (χ4v) is 6.58. The van der Waals surface area contributed by atoms with E-state index in [0.717, 1.165) is 30.8 Å². The Hall–Kier alpha value is -0.960. The molecule has 0 bridgehead atoms. The molecular formula is C18H29N3O3S2. The third kappa shape index (κ3) is 4.30. The number of carbonyl (C=O) groups is 1. The van der Waals surface area contributed by atoms with Gasteiger partial charge >= 0.3 is 0 Å². The van der Waals surface area contributed by atoms with Crippen molar-refractivity contribution >= 4 is 27.3 Å². The zero-order chi connectivity index (χ0) is 18.7. The number of amides is 1. The molecule has 146 valence electrons. The van der Waals surface area contributed by atoms with E-state index in [0.29, 0.717) is 30.4 Å². The van der Waals surface area contributed by atoms with Crippen LogP contribution in [0, 0.1) is 6.92 Å². The summed E-state index contributed by atoms with van der Waals surface area (Å²) >= 11 is 1.32. The minimum Gasteiger partial charge on any atom is -0.341 e. The Morgan fingerprint density at radius 2 is 1.62 bits per heavy atom. The molecule has 2 saturated heterocycles. The van der Waals surface area contributed by atoms with Crippen LogP contribution in [0.4, 0.5) is 0 Å². The second-order valence-electron chi connectivity index (χ2n) is 7.22. The van der Waals surface area contributed by atoms with Gasteiger partial charge < -0.3 is 4.90 Å². The van der Waals surface area contributed by atoms with Gasteiger partial charge in [0.05, 0.1) is 6.04 Å². The Morgan fingerprint density at radius 3 is 2.15 bits per heavy atom. The Morgan fingerprint density at radius 1 is 1.00 bits per heavy atom. The van der Waals surface area contributed by atoms with Crippen LogP contribution in [0.1, 0.15) is 37.5 Å². The minimum atomic E-state index is -3.41. The van der Waals surface area contributed by atoms with Crippen LogP contribution in [0.3, 0.4) is 0 Å². The van der Waals surface area contributed by atoms with Crippen molar-refractivity contribution in [3.05, 3.63) is 17.0 Å². The van der Waals surface area contributed by atoms with Crippen LogP contribution >= 0.6 is 11.3 Å². The average Bonchev–Trinajstić information content (AvgIpc) is 2.92. The van der Waals surface area contributed by atoms with Crippen molar-refractivity contribution in [2.75, 3.05) is 39.3 Å². The lowest BCUT2D eigenvalue weighted by Gasteiger charge is -2.38. The summed E-state index contributed by atoms with van der Waals surface area (Å²) in [5.41, 5.74) is 0. The van der Waals surface area contributed by atoms with E-state index >= 15 is 0 Å². The molecule has 0 saturated carbocycles. The van der Waals surface area contributed by atoms with Crippen molar-refractivity contribution in [3.8, 4) is 0 Å². The van der Waals surface area contributed by atoms with Gasteiger partial charge in [0, 0.05) is 44.1 Å². The number of piperazine rings is 1. The predicted octanol–water partition coefficient (Wildman–Crippen LogP) is 2.15. The molecule has 0 radical (unpaired) electrons. The summed E-state index contributed by atoms with van der Waals surface area (Å²) in [5, 5.41) is 0. The van der Waals surface area contributed by atoms with Crippen LogP contribution in [-0.2, 0) is 14.8 Å². The highest BCUT2D eigenvalue weighted by atomic mass is 32.2. The van der Waals surface area contributed by atoms with Crippen LogP contribution in [0.2, 0.25) is 0 Å². The van der Waals surface area contributed by atoms with Crippen molar-refractivity contribution in [3.63, 3.8) is 0 Å². The molecule has 26 heavy (non-hydrogen) atoms. The maximum atomic E-state index is 12.8. The fraction of sp³-hybridized carbons (Fsp3) is 0.722. The van der Waals surface area contributed by atoms with Crippen molar-refractivity contribution in [2.45, 2.75) is 49.8 Å². The molecule has 6 nitrogen and oxygen atoms in total. The third-order valence-electron chi connectivity index (χ3n) is 5.41. The van der Waals surface area contributed by atoms with E-state index < -0.39 is 10.0 Å². The summed E-state index contributed by atoms with van der Waals surface area (Å²) in [4.78, 5) is 17.9. The Balaban J connectivity index is 1.58. The second-order valence-corrected chi connectivity index (χ2v) is 10.7. The molecule has 2 fully saturated rings. The fourth-order valence-electron chi connectivity index (χ4n) is 3.72. The molecule has 1 atom stereocenters. The smallest absolute Gasteiger partial charge is 0.252 e. The number of carbonyl (C=O) groups excluding carboxylic acids is 1. The average molecular weight is 400 g/mol. The first-order chi connectivity index (χ1) is 12.4. The number of hydrogen-bond acceptors (Lipinski definition) is 5. The van der Waals surface area contributed by atoms with Crippen LogP contribution in [0.25, 0.3) is 0 Å². The number of nitrogens with zero attached hydrogens (tertiary/aromatic N) is 3. The summed E-state index contributed by atoms with van der Waals surface area (Å²) in [6.07, 6.45) is 4.59. The second kappa shape index (κ2) is 8.37. The lowest BCUT2D eigenvalue weighted by Crippen LogP contribution is -2.55. The molecule has 1 amide bonds. The molecule has 0 aliphatic carbocycles. The van der Waals surface area contributed by atoms with Gasteiger partial charge in [0.25, 0.3) is 10.0 Å². The Labute approximate surface area is 160 Å². The monoisotopic (exact) mass is 399 g/mol. The molecule has 1 aromatic heterocycles. The quantitative estimate of drug-likeness (QED) is 0.778. The van der Waals surface area contributed by atoms with E-state index in [1.165, 1.54) is 24.2 Å². The molecular weight excluding hydrogens is 370 g/mol. The van der Waals surface area contributed by atoms with Crippen molar-refractivity contribution in [1.29, 1.82) is 0 Å². The molecule has 0 spiro atoms. The van der Waals surface area contributed by atoms with Gasteiger partial charge in [-0.15, -0.1) is 11.3 Å². The van der Waals surface area contributed by atoms with E-state index in [1.54, 1.807) is 10.4 Å². The highest BCUT2D eigenvalue weighted by molar-refractivity contribution is 7.91. The van der Waals surface area contributed by atoms with Gasteiger partial charge in [0.2, 0.25) is 5.91 Å². The number of likely N-dealkylation sites (tertiary alicyclic amines) is 1. The molecule has 1 unspecified atom stereocenters. The molecule has 0 N–H and O–H groups in total. The van der Waals surface area contributed by atoms with E-state index in [-0.39, 0.29) is 11.9 Å². The molecule has 0 aromatic carbocycles. The lowest BCUT2D eigenvalue weighted by molar-refractivity contribution is -0.136. The Kier molecular flexibility index (Phi) is 6.37. The number of rotatable bonds is 4. The topological polar surface area (TPSA) is 60.9 Å². The van der Waals surface area contributed by atoms with E-state index in [2.05, 4.69) is 4.90 Å².